The molecule has 2 heteroatoms. The van der Waals surface area contributed by atoms with Crippen LogP contribution in [0.3, 0.4) is 0 Å². The zero-order valence-corrected chi connectivity index (χ0v) is 31.1. The predicted molar refractivity (Wildman–Crippen MR) is 236 cm³/mol. The molecule has 2 aliphatic rings. The quantitative estimate of drug-likeness (QED) is 0.176. The summed E-state index contributed by atoms with van der Waals surface area (Å²) in [6.07, 6.45) is 0. The van der Waals surface area contributed by atoms with Crippen LogP contribution in [0.1, 0.15) is 22.3 Å². The van der Waals surface area contributed by atoms with Crippen molar-refractivity contribution in [2.24, 2.45) is 0 Å². The Labute approximate surface area is 331 Å². The summed E-state index contributed by atoms with van der Waals surface area (Å²) in [6, 6.07) is 77.4. The maximum atomic E-state index is 6.53. The Morgan fingerprint density at radius 2 is 0.825 bits per heavy atom. The van der Waals surface area contributed by atoms with Crippen molar-refractivity contribution in [3.63, 3.8) is 0 Å². The third kappa shape index (κ3) is 4.59. The Hall–Kier alpha value is -7.42. The van der Waals surface area contributed by atoms with Crippen LogP contribution < -0.4 is 4.90 Å². The third-order valence-corrected chi connectivity index (χ3v) is 12.3. The summed E-state index contributed by atoms with van der Waals surface area (Å²) < 4.78 is 6.53. The molecule has 9 aromatic carbocycles. The zero-order chi connectivity index (χ0) is 37.5. The van der Waals surface area contributed by atoms with Crippen molar-refractivity contribution in [3.05, 3.63) is 235 Å². The minimum absolute atomic E-state index is 0.384. The topological polar surface area (TPSA) is 16.4 Å². The van der Waals surface area contributed by atoms with E-state index in [0.29, 0.717) is 0 Å². The molecule has 0 saturated heterocycles. The van der Waals surface area contributed by atoms with E-state index in [1.807, 2.05) is 6.07 Å². The molecule has 0 radical (unpaired) electrons. The lowest BCUT2D eigenvalue weighted by molar-refractivity contribution is 0.670. The monoisotopic (exact) mass is 725 g/mol. The van der Waals surface area contributed by atoms with Gasteiger partial charge in [0.1, 0.15) is 11.2 Å². The van der Waals surface area contributed by atoms with Crippen LogP contribution in [-0.4, -0.2) is 0 Å². The van der Waals surface area contributed by atoms with Crippen molar-refractivity contribution in [2.45, 2.75) is 5.41 Å². The van der Waals surface area contributed by atoms with E-state index in [1.54, 1.807) is 0 Å². The summed E-state index contributed by atoms with van der Waals surface area (Å²) in [6.45, 7) is 0. The van der Waals surface area contributed by atoms with E-state index in [1.165, 1.54) is 55.6 Å². The number of para-hydroxylation sites is 2. The summed E-state index contributed by atoms with van der Waals surface area (Å²) in [5.74, 6) is 0. The summed E-state index contributed by atoms with van der Waals surface area (Å²) in [4.78, 5) is 2.40. The van der Waals surface area contributed by atoms with Crippen LogP contribution in [0.4, 0.5) is 17.1 Å². The van der Waals surface area contributed by atoms with Crippen LogP contribution in [-0.2, 0) is 5.41 Å². The van der Waals surface area contributed by atoms with Crippen molar-refractivity contribution in [3.8, 4) is 44.5 Å². The average Bonchev–Trinajstić information content (AvgIpc) is 3.91. The highest BCUT2D eigenvalue weighted by molar-refractivity contribution is 6.09. The van der Waals surface area contributed by atoms with Gasteiger partial charge in [0.05, 0.1) is 5.41 Å². The molecule has 12 rings (SSSR count). The number of anilines is 3. The highest BCUT2D eigenvalue weighted by Crippen LogP contribution is 2.63. The molecule has 2 nitrogen and oxygen atoms in total. The lowest BCUT2D eigenvalue weighted by Crippen LogP contribution is -2.25. The van der Waals surface area contributed by atoms with Gasteiger partial charge in [-0.05, 0) is 104 Å². The van der Waals surface area contributed by atoms with Crippen molar-refractivity contribution >= 4 is 39.0 Å². The fourth-order valence-corrected chi connectivity index (χ4v) is 9.89. The number of nitrogens with zero attached hydrogens (tertiary/aromatic N) is 1. The van der Waals surface area contributed by atoms with E-state index in [2.05, 4.69) is 211 Å². The van der Waals surface area contributed by atoms with Crippen LogP contribution >= 0.6 is 0 Å². The Morgan fingerprint density at radius 1 is 0.316 bits per heavy atom. The Bertz CT molecular complexity index is 3140. The van der Waals surface area contributed by atoms with Crippen LogP contribution in [0.2, 0.25) is 0 Å². The third-order valence-electron chi connectivity index (χ3n) is 12.3. The number of furan rings is 1. The number of benzene rings is 9. The predicted octanol–water partition coefficient (Wildman–Crippen LogP) is 14.7. The molecule has 266 valence electrons. The van der Waals surface area contributed by atoms with Gasteiger partial charge in [-0.1, -0.05) is 170 Å². The van der Waals surface area contributed by atoms with E-state index >= 15 is 0 Å². The Balaban J connectivity index is 1.06. The summed E-state index contributed by atoms with van der Waals surface area (Å²) in [7, 11) is 0. The fraction of sp³-hybridized carbons (Fsp3) is 0.0182. The standard InChI is InChI=1S/C55H35NO/c1-2-14-36(15-3-1)37-28-30-39(31-29-37)56(40-17-12-16-38(34-40)42-22-13-23-47-46-21-7-11-27-53(46)57-54(42)47)41-32-33-52-48(35-41)45-20-6-10-26-51(45)55(52)49-24-8-4-18-43(49)44-19-5-9-25-50(44)55/h1-35H. The van der Waals surface area contributed by atoms with Gasteiger partial charge in [-0.3, -0.25) is 0 Å². The largest absolute Gasteiger partial charge is 0.455 e. The van der Waals surface area contributed by atoms with Gasteiger partial charge in [0.15, 0.2) is 0 Å². The first-order valence-corrected chi connectivity index (χ1v) is 19.7. The molecule has 1 aromatic heterocycles. The van der Waals surface area contributed by atoms with E-state index in [0.717, 1.165) is 50.1 Å². The second kappa shape index (κ2) is 12.3. The number of fused-ring (bicyclic) bond motifs is 13. The molecule has 57 heavy (non-hydrogen) atoms. The molecule has 0 atom stereocenters. The van der Waals surface area contributed by atoms with Crippen LogP contribution in [0, 0.1) is 0 Å². The molecular formula is C55H35NO. The molecule has 1 heterocycles. The van der Waals surface area contributed by atoms with Crippen molar-refractivity contribution in [1.82, 2.24) is 0 Å². The maximum absolute atomic E-state index is 6.53. The van der Waals surface area contributed by atoms with Gasteiger partial charge in [0, 0.05) is 33.4 Å². The molecule has 10 aromatic rings. The first-order valence-electron chi connectivity index (χ1n) is 19.7. The van der Waals surface area contributed by atoms with E-state index in [9.17, 15) is 0 Å². The van der Waals surface area contributed by atoms with Crippen LogP contribution in [0.15, 0.2) is 217 Å². The van der Waals surface area contributed by atoms with Gasteiger partial charge in [0.25, 0.3) is 0 Å². The normalized spacial score (nSPS) is 13.1. The van der Waals surface area contributed by atoms with E-state index < -0.39 is 0 Å². The zero-order valence-electron chi connectivity index (χ0n) is 31.1. The van der Waals surface area contributed by atoms with Gasteiger partial charge >= 0.3 is 0 Å². The molecule has 0 amide bonds. The molecule has 0 unspecified atom stereocenters. The van der Waals surface area contributed by atoms with Gasteiger partial charge in [-0.2, -0.15) is 0 Å². The molecule has 2 aliphatic carbocycles. The molecule has 0 fully saturated rings. The summed E-state index contributed by atoms with van der Waals surface area (Å²) >= 11 is 0. The number of hydrogen-bond acceptors (Lipinski definition) is 2. The van der Waals surface area contributed by atoms with Gasteiger partial charge in [-0.15, -0.1) is 0 Å². The van der Waals surface area contributed by atoms with Crippen LogP contribution in [0.5, 0.6) is 0 Å². The molecule has 0 aliphatic heterocycles. The van der Waals surface area contributed by atoms with Crippen molar-refractivity contribution < 1.29 is 4.42 Å². The summed E-state index contributed by atoms with van der Waals surface area (Å²) in [5, 5.41) is 2.26. The summed E-state index contributed by atoms with van der Waals surface area (Å²) in [5.41, 5.74) is 19.8. The SMILES string of the molecule is c1ccc(-c2ccc(N(c3cccc(-c4cccc5c4oc4ccccc45)c3)c3ccc4c(c3)-c3ccccc3C43c4ccccc4-c4ccccc43)cc2)cc1. The number of rotatable bonds is 5. The Morgan fingerprint density at radius 3 is 1.56 bits per heavy atom. The molecule has 0 bridgehead atoms. The second-order valence-corrected chi connectivity index (χ2v) is 15.2. The molecule has 1 spiro atoms. The van der Waals surface area contributed by atoms with Crippen molar-refractivity contribution in [2.75, 3.05) is 4.90 Å². The van der Waals surface area contributed by atoms with E-state index in [-0.39, 0.29) is 5.41 Å². The molecular weight excluding hydrogens is 691 g/mol. The van der Waals surface area contributed by atoms with E-state index in [4.69, 9.17) is 4.42 Å². The highest BCUT2D eigenvalue weighted by Gasteiger charge is 2.51. The fourth-order valence-electron chi connectivity index (χ4n) is 9.89. The van der Waals surface area contributed by atoms with Gasteiger partial charge < -0.3 is 9.32 Å². The first kappa shape index (κ1) is 31.9. The molecule has 0 saturated carbocycles. The molecule has 0 N–H and O–H groups in total. The second-order valence-electron chi connectivity index (χ2n) is 15.2. The lowest BCUT2D eigenvalue weighted by atomic mass is 9.70. The highest BCUT2D eigenvalue weighted by atomic mass is 16.3. The first-order chi connectivity index (χ1) is 28.3. The van der Waals surface area contributed by atoms with Crippen molar-refractivity contribution in [1.29, 1.82) is 0 Å². The maximum Gasteiger partial charge on any atom is 0.143 e. The smallest absolute Gasteiger partial charge is 0.143 e. The average molecular weight is 726 g/mol. The Kier molecular flexibility index (Phi) is 6.88. The minimum Gasteiger partial charge on any atom is -0.455 e. The van der Waals surface area contributed by atoms with Gasteiger partial charge in [0.2, 0.25) is 0 Å². The van der Waals surface area contributed by atoms with Crippen LogP contribution in [0.25, 0.3) is 66.4 Å². The minimum atomic E-state index is -0.384. The lowest BCUT2D eigenvalue weighted by Gasteiger charge is -2.31. The van der Waals surface area contributed by atoms with Gasteiger partial charge in [-0.25, -0.2) is 0 Å². The number of hydrogen-bond donors (Lipinski definition) is 0.